The van der Waals surface area contributed by atoms with E-state index < -0.39 is 5.54 Å². The summed E-state index contributed by atoms with van der Waals surface area (Å²) in [5.41, 5.74) is 0.290. The molecule has 0 aliphatic rings. The Balaban J connectivity index is 2.71. The quantitative estimate of drug-likeness (QED) is 0.833. The first-order chi connectivity index (χ1) is 7.45. The number of benzene rings is 1. The van der Waals surface area contributed by atoms with Gasteiger partial charge in [0.05, 0.1) is 5.54 Å². The topological polar surface area (TPSA) is 41.1 Å². The molecule has 1 aromatic rings. The van der Waals surface area contributed by atoms with Crippen LogP contribution in [0.5, 0.6) is 0 Å². The van der Waals surface area contributed by atoms with Gasteiger partial charge < -0.3 is 10.6 Å². The molecule has 3 nitrogen and oxygen atoms in total. The van der Waals surface area contributed by atoms with Crippen molar-refractivity contribution in [1.82, 2.24) is 5.32 Å². The Morgan fingerprint density at radius 3 is 2.69 bits per heavy atom. The van der Waals surface area contributed by atoms with Crippen molar-refractivity contribution in [3.8, 4) is 0 Å². The van der Waals surface area contributed by atoms with Crippen molar-refractivity contribution in [3.05, 3.63) is 27.8 Å². The minimum absolute atomic E-state index is 0.0173. The molecule has 0 aromatic heterocycles. The maximum absolute atomic E-state index is 12.0. The Morgan fingerprint density at radius 1 is 1.44 bits per heavy atom. The van der Waals surface area contributed by atoms with Crippen LogP contribution in [0.1, 0.15) is 20.8 Å². The van der Waals surface area contributed by atoms with E-state index in [9.17, 15) is 4.79 Å². The first-order valence-corrected chi connectivity index (χ1v) is 6.35. The number of hydrogen-bond donors (Lipinski definition) is 2. The minimum Gasteiger partial charge on any atom is -0.324 e. The molecule has 0 aliphatic heterocycles. The van der Waals surface area contributed by atoms with E-state index in [0.717, 1.165) is 15.8 Å². The van der Waals surface area contributed by atoms with Crippen LogP contribution in [0, 0.1) is 3.57 Å². The molecule has 1 amide bonds. The highest BCUT2D eigenvalue weighted by molar-refractivity contribution is 14.1. The highest BCUT2D eigenvalue weighted by atomic mass is 127. The minimum atomic E-state index is -0.546. The molecule has 2 N–H and O–H groups in total. The average Bonchev–Trinajstić information content (AvgIpc) is 2.17. The summed E-state index contributed by atoms with van der Waals surface area (Å²) in [6.45, 7) is 6.51. The molecular formula is C12H17IN2O. The van der Waals surface area contributed by atoms with Gasteiger partial charge in [0.2, 0.25) is 5.91 Å². The standard InChI is InChI=1S/C12H17IN2O/c1-4-14-12(2,3)11(16)15-10-7-5-6-9(13)8-10/h5-8,14H,4H2,1-3H3,(H,15,16). The van der Waals surface area contributed by atoms with Crippen molar-refractivity contribution in [1.29, 1.82) is 0 Å². The van der Waals surface area contributed by atoms with Crippen LogP contribution in [0.4, 0.5) is 5.69 Å². The second-order valence-corrected chi connectivity index (χ2v) is 5.37. The van der Waals surface area contributed by atoms with E-state index in [1.54, 1.807) is 0 Å². The fourth-order valence-corrected chi connectivity index (χ4v) is 1.92. The Labute approximate surface area is 110 Å². The summed E-state index contributed by atoms with van der Waals surface area (Å²) in [4.78, 5) is 12.0. The van der Waals surface area contributed by atoms with Gasteiger partial charge >= 0.3 is 0 Å². The van der Waals surface area contributed by atoms with E-state index in [0.29, 0.717) is 0 Å². The van der Waals surface area contributed by atoms with Gasteiger partial charge in [-0.1, -0.05) is 13.0 Å². The fraction of sp³-hybridized carbons (Fsp3) is 0.417. The predicted molar refractivity (Wildman–Crippen MR) is 75.5 cm³/mol. The second kappa shape index (κ2) is 5.63. The number of carbonyl (C=O) groups excluding carboxylic acids is 1. The molecule has 0 saturated carbocycles. The summed E-state index contributed by atoms with van der Waals surface area (Å²) in [6, 6.07) is 7.76. The third-order valence-corrected chi connectivity index (χ3v) is 2.94. The predicted octanol–water partition coefficient (Wildman–Crippen LogP) is 2.62. The molecule has 0 bridgehead atoms. The zero-order chi connectivity index (χ0) is 12.2. The lowest BCUT2D eigenvalue weighted by atomic mass is 10.0. The SMILES string of the molecule is CCNC(C)(C)C(=O)Nc1cccc(I)c1. The summed E-state index contributed by atoms with van der Waals surface area (Å²) >= 11 is 2.22. The molecule has 0 aliphatic carbocycles. The number of carbonyl (C=O) groups is 1. The summed E-state index contributed by atoms with van der Waals surface area (Å²) in [6.07, 6.45) is 0. The summed E-state index contributed by atoms with van der Waals surface area (Å²) in [5.74, 6) is -0.0173. The van der Waals surface area contributed by atoms with Gasteiger partial charge in [-0.3, -0.25) is 4.79 Å². The molecule has 88 valence electrons. The van der Waals surface area contributed by atoms with Gasteiger partial charge in [-0.2, -0.15) is 0 Å². The van der Waals surface area contributed by atoms with E-state index in [1.165, 1.54) is 0 Å². The van der Waals surface area contributed by atoms with Gasteiger partial charge in [0, 0.05) is 9.26 Å². The number of likely N-dealkylation sites (N-methyl/N-ethyl adjacent to an activating group) is 1. The van der Waals surface area contributed by atoms with E-state index in [2.05, 4.69) is 33.2 Å². The Morgan fingerprint density at radius 2 is 2.12 bits per heavy atom. The van der Waals surface area contributed by atoms with Gasteiger partial charge in [-0.05, 0) is 61.2 Å². The molecule has 4 heteroatoms. The van der Waals surface area contributed by atoms with E-state index in [4.69, 9.17) is 0 Å². The molecule has 0 unspecified atom stereocenters. The molecule has 16 heavy (non-hydrogen) atoms. The lowest BCUT2D eigenvalue weighted by Gasteiger charge is -2.24. The number of rotatable bonds is 4. The van der Waals surface area contributed by atoms with E-state index in [-0.39, 0.29) is 5.91 Å². The second-order valence-electron chi connectivity index (χ2n) is 4.12. The van der Waals surface area contributed by atoms with Crippen LogP contribution in [0.2, 0.25) is 0 Å². The molecule has 0 radical (unpaired) electrons. The maximum atomic E-state index is 12.0. The summed E-state index contributed by atoms with van der Waals surface area (Å²) in [7, 11) is 0. The largest absolute Gasteiger partial charge is 0.324 e. The van der Waals surface area contributed by atoms with Gasteiger partial charge in [-0.25, -0.2) is 0 Å². The lowest BCUT2D eigenvalue weighted by molar-refractivity contribution is -0.121. The molecule has 0 saturated heterocycles. The summed E-state index contributed by atoms with van der Waals surface area (Å²) in [5, 5.41) is 6.04. The fourth-order valence-electron chi connectivity index (χ4n) is 1.38. The first kappa shape index (κ1) is 13.4. The Bertz CT molecular complexity index is 377. The third kappa shape index (κ3) is 3.75. The zero-order valence-electron chi connectivity index (χ0n) is 9.80. The van der Waals surface area contributed by atoms with Crippen LogP contribution >= 0.6 is 22.6 Å². The van der Waals surface area contributed by atoms with Crippen molar-refractivity contribution >= 4 is 34.2 Å². The van der Waals surface area contributed by atoms with E-state index in [1.807, 2.05) is 45.0 Å². The first-order valence-electron chi connectivity index (χ1n) is 5.28. The highest BCUT2D eigenvalue weighted by Gasteiger charge is 2.25. The van der Waals surface area contributed by atoms with Crippen molar-refractivity contribution in [2.24, 2.45) is 0 Å². The van der Waals surface area contributed by atoms with Crippen molar-refractivity contribution < 1.29 is 4.79 Å². The number of halogens is 1. The molecule has 1 aromatic carbocycles. The number of anilines is 1. The van der Waals surface area contributed by atoms with Crippen LogP contribution in [-0.4, -0.2) is 18.0 Å². The van der Waals surface area contributed by atoms with E-state index >= 15 is 0 Å². The smallest absolute Gasteiger partial charge is 0.244 e. The highest BCUT2D eigenvalue weighted by Crippen LogP contribution is 2.14. The monoisotopic (exact) mass is 332 g/mol. The summed E-state index contributed by atoms with van der Waals surface area (Å²) < 4.78 is 1.11. The number of hydrogen-bond acceptors (Lipinski definition) is 2. The Hall–Kier alpha value is -0.620. The molecule has 0 heterocycles. The van der Waals surface area contributed by atoms with Crippen LogP contribution in [0.15, 0.2) is 24.3 Å². The maximum Gasteiger partial charge on any atom is 0.244 e. The van der Waals surface area contributed by atoms with Crippen LogP contribution in [0.3, 0.4) is 0 Å². The molecule has 0 fully saturated rings. The van der Waals surface area contributed by atoms with Gasteiger partial charge in [0.1, 0.15) is 0 Å². The van der Waals surface area contributed by atoms with Crippen molar-refractivity contribution in [2.75, 3.05) is 11.9 Å². The van der Waals surface area contributed by atoms with Crippen molar-refractivity contribution in [2.45, 2.75) is 26.3 Å². The van der Waals surface area contributed by atoms with Crippen LogP contribution < -0.4 is 10.6 Å². The third-order valence-electron chi connectivity index (χ3n) is 2.27. The molecule has 1 rings (SSSR count). The number of amides is 1. The van der Waals surface area contributed by atoms with Crippen LogP contribution in [-0.2, 0) is 4.79 Å². The number of nitrogens with one attached hydrogen (secondary N) is 2. The van der Waals surface area contributed by atoms with Crippen LogP contribution in [0.25, 0.3) is 0 Å². The van der Waals surface area contributed by atoms with Gasteiger partial charge in [-0.15, -0.1) is 0 Å². The lowest BCUT2D eigenvalue weighted by Crippen LogP contribution is -2.49. The zero-order valence-corrected chi connectivity index (χ0v) is 12.0. The Kier molecular flexibility index (Phi) is 4.73. The van der Waals surface area contributed by atoms with Crippen molar-refractivity contribution in [3.63, 3.8) is 0 Å². The molecular weight excluding hydrogens is 315 g/mol. The average molecular weight is 332 g/mol. The van der Waals surface area contributed by atoms with Gasteiger partial charge in [0.25, 0.3) is 0 Å². The molecule has 0 atom stereocenters. The van der Waals surface area contributed by atoms with Gasteiger partial charge in [0.15, 0.2) is 0 Å². The molecule has 0 spiro atoms. The normalized spacial score (nSPS) is 11.2.